The number of hydrogen-bond acceptors (Lipinski definition) is 4. The van der Waals surface area contributed by atoms with E-state index in [0.29, 0.717) is 13.1 Å². The normalized spacial score (nSPS) is 15.4. The molecule has 0 spiro atoms. The molecule has 0 aromatic carbocycles. The number of nitrogens with one attached hydrogen (secondary N) is 1. The number of aliphatic hydroxyl groups excluding tert-OH is 1. The molecular weight excluding hydrogens is 204 g/mol. The molecule has 1 rings (SSSR count). The number of rotatable bonds is 6. The summed E-state index contributed by atoms with van der Waals surface area (Å²) in [6, 6.07) is 4.04. The van der Waals surface area contributed by atoms with Crippen LogP contribution in [0.2, 0.25) is 0 Å². The Morgan fingerprint density at radius 1 is 1.44 bits per heavy atom. The summed E-state index contributed by atoms with van der Waals surface area (Å²) in [5.41, 5.74) is 0. The predicted molar refractivity (Wildman–Crippen MR) is 64.4 cm³/mol. The molecule has 4 nitrogen and oxygen atoms in total. The van der Waals surface area contributed by atoms with Gasteiger partial charge in [0.25, 0.3) is 0 Å². The van der Waals surface area contributed by atoms with E-state index < -0.39 is 0 Å². The van der Waals surface area contributed by atoms with Gasteiger partial charge < -0.3 is 19.7 Å². The van der Waals surface area contributed by atoms with Gasteiger partial charge in [0.2, 0.25) is 0 Å². The van der Waals surface area contributed by atoms with E-state index in [1.165, 1.54) is 0 Å². The molecule has 0 saturated carbocycles. The van der Waals surface area contributed by atoms with Crippen LogP contribution in [0.4, 0.5) is 0 Å². The Morgan fingerprint density at radius 3 is 2.62 bits per heavy atom. The van der Waals surface area contributed by atoms with Crippen LogP contribution in [0, 0.1) is 6.92 Å². The highest BCUT2D eigenvalue weighted by Gasteiger charge is 2.11. The molecule has 1 heterocycles. The first-order valence-corrected chi connectivity index (χ1v) is 5.61. The maximum atomic E-state index is 9.69. The highest BCUT2D eigenvalue weighted by molar-refractivity contribution is 5.08. The van der Waals surface area contributed by atoms with Gasteiger partial charge >= 0.3 is 0 Å². The lowest BCUT2D eigenvalue weighted by Crippen LogP contribution is -2.35. The van der Waals surface area contributed by atoms with Crippen molar-refractivity contribution in [3.8, 4) is 0 Å². The maximum absolute atomic E-state index is 9.69. The minimum atomic E-state index is -0.353. The lowest BCUT2D eigenvalue weighted by Gasteiger charge is -2.18. The molecule has 92 valence electrons. The van der Waals surface area contributed by atoms with Gasteiger partial charge in [-0.05, 0) is 40.1 Å². The molecule has 0 aliphatic rings. The Kier molecular flexibility index (Phi) is 4.99. The van der Waals surface area contributed by atoms with Crippen molar-refractivity contribution in [3.05, 3.63) is 23.7 Å². The third-order valence-corrected chi connectivity index (χ3v) is 2.42. The van der Waals surface area contributed by atoms with Crippen LogP contribution in [0.3, 0.4) is 0 Å². The molecule has 1 aromatic rings. The SMILES string of the molecule is Cc1ccc(C(C)NCC(O)CN(C)C)o1. The zero-order valence-electron chi connectivity index (χ0n) is 10.5. The van der Waals surface area contributed by atoms with Crippen molar-refractivity contribution in [2.45, 2.75) is 26.0 Å². The van der Waals surface area contributed by atoms with Gasteiger partial charge in [0.05, 0.1) is 12.1 Å². The molecule has 0 amide bonds. The molecule has 1 aromatic heterocycles. The van der Waals surface area contributed by atoms with Crippen LogP contribution in [0.1, 0.15) is 24.5 Å². The van der Waals surface area contributed by atoms with E-state index in [-0.39, 0.29) is 12.1 Å². The fraction of sp³-hybridized carbons (Fsp3) is 0.667. The second kappa shape index (κ2) is 6.03. The third kappa shape index (κ3) is 4.35. The monoisotopic (exact) mass is 226 g/mol. The summed E-state index contributed by atoms with van der Waals surface area (Å²) in [5.74, 6) is 1.83. The number of nitrogens with zero attached hydrogens (tertiary/aromatic N) is 1. The molecular formula is C12H22N2O2. The minimum absolute atomic E-state index is 0.130. The van der Waals surface area contributed by atoms with Gasteiger partial charge in [-0.1, -0.05) is 0 Å². The van der Waals surface area contributed by atoms with Crippen molar-refractivity contribution in [2.24, 2.45) is 0 Å². The fourth-order valence-corrected chi connectivity index (χ4v) is 1.59. The van der Waals surface area contributed by atoms with E-state index in [4.69, 9.17) is 4.42 Å². The average molecular weight is 226 g/mol. The van der Waals surface area contributed by atoms with Gasteiger partial charge in [0, 0.05) is 13.1 Å². The molecule has 0 radical (unpaired) electrons. The molecule has 2 N–H and O–H groups in total. The van der Waals surface area contributed by atoms with Gasteiger partial charge in [-0.15, -0.1) is 0 Å². The quantitative estimate of drug-likeness (QED) is 0.764. The summed E-state index contributed by atoms with van der Waals surface area (Å²) in [7, 11) is 3.89. The van der Waals surface area contributed by atoms with Gasteiger partial charge in [-0.2, -0.15) is 0 Å². The van der Waals surface area contributed by atoms with Crippen LogP contribution in [0.15, 0.2) is 16.5 Å². The van der Waals surface area contributed by atoms with Crippen LogP contribution in [-0.4, -0.2) is 43.3 Å². The Bertz CT molecular complexity index is 310. The Hall–Kier alpha value is -0.840. The van der Waals surface area contributed by atoms with Crippen molar-refractivity contribution in [1.29, 1.82) is 0 Å². The summed E-state index contributed by atoms with van der Waals surface area (Å²) >= 11 is 0. The van der Waals surface area contributed by atoms with Crippen LogP contribution in [0.25, 0.3) is 0 Å². The highest BCUT2D eigenvalue weighted by Crippen LogP contribution is 2.15. The van der Waals surface area contributed by atoms with E-state index >= 15 is 0 Å². The number of hydrogen-bond donors (Lipinski definition) is 2. The topological polar surface area (TPSA) is 48.6 Å². The Morgan fingerprint density at radius 2 is 2.12 bits per heavy atom. The van der Waals surface area contributed by atoms with Crippen molar-refractivity contribution < 1.29 is 9.52 Å². The maximum Gasteiger partial charge on any atom is 0.120 e. The van der Waals surface area contributed by atoms with Gasteiger partial charge in [-0.3, -0.25) is 0 Å². The largest absolute Gasteiger partial charge is 0.465 e. The molecule has 4 heteroatoms. The zero-order chi connectivity index (χ0) is 12.1. The number of aliphatic hydroxyl groups is 1. The second-order valence-corrected chi connectivity index (χ2v) is 4.49. The number of furan rings is 1. The van der Waals surface area contributed by atoms with E-state index in [2.05, 4.69) is 5.32 Å². The lowest BCUT2D eigenvalue weighted by atomic mass is 10.2. The molecule has 2 unspecified atom stereocenters. The van der Waals surface area contributed by atoms with E-state index in [9.17, 15) is 5.11 Å². The summed E-state index contributed by atoms with van der Waals surface area (Å²) in [6.07, 6.45) is -0.353. The third-order valence-electron chi connectivity index (χ3n) is 2.42. The van der Waals surface area contributed by atoms with Gasteiger partial charge in [-0.25, -0.2) is 0 Å². The first-order chi connectivity index (χ1) is 7.49. The van der Waals surface area contributed by atoms with Crippen molar-refractivity contribution in [2.75, 3.05) is 27.2 Å². The van der Waals surface area contributed by atoms with E-state index in [0.717, 1.165) is 11.5 Å². The fourth-order valence-electron chi connectivity index (χ4n) is 1.59. The highest BCUT2D eigenvalue weighted by atomic mass is 16.3. The van der Waals surface area contributed by atoms with Gasteiger partial charge in [0.1, 0.15) is 11.5 Å². The minimum Gasteiger partial charge on any atom is -0.465 e. The average Bonchev–Trinajstić information content (AvgIpc) is 2.60. The first-order valence-electron chi connectivity index (χ1n) is 5.61. The summed E-state index contributed by atoms with van der Waals surface area (Å²) in [6.45, 7) is 5.19. The molecule has 0 saturated heterocycles. The molecule has 0 aliphatic heterocycles. The zero-order valence-corrected chi connectivity index (χ0v) is 10.5. The Labute approximate surface area is 97.2 Å². The molecule has 2 atom stereocenters. The molecule has 0 aliphatic carbocycles. The second-order valence-electron chi connectivity index (χ2n) is 4.49. The number of aryl methyl sites for hydroxylation is 1. The first kappa shape index (κ1) is 13.2. The van der Waals surface area contributed by atoms with Gasteiger partial charge in [0.15, 0.2) is 0 Å². The van der Waals surface area contributed by atoms with E-state index in [1.807, 2.05) is 45.0 Å². The smallest absolute Gasteiger partial charge is 0.120 e. The summed E-state index contributed by atoms with van der Waals surface area (Å²) in [4.78, 5) is 1.97. The molecule has 0 bridgehead atoms. The van der Waals surface area contributed by atoms with Crippen molar-refractivity contribution in [1.82, 2.24) is 10.2 Å². The summed E-state index contributed by atoms with van der Waals surface area (Å²) < 4.78 is 5.50. The standard InChI is InChI=1S/C12H22N2O2/c1-9-5-6-12(16-9)10(2)13-7-11(15)8-14(3)4/h5-6,10-11,13,15H,7-8H2,1-4H3. The lowest BCUT2D eigenvalue weighted by molar-refractivity contribution is 0.131. The van der Waals surface area contributed by atoms with Crippen molar-refractivity contribution >= 4 is 0 Å². The molecule has 0 fully saturated rings. The number of likely N-dealkylation sites (N-methyl/N-ethyl adjacent to an activating group) is 1. The van der Waals surface area contributed by atoms with Crippen LogP contribution in [-0.2, 0) is 0 Å². The van der Waals surface area contributed by atoms with Crippen LogP contribution in [0.5, 0.6) is 0 Å². The molecule has 16 heavy (non-hydrogen) atoms. The van der Waals surface area contributed by atoms with Crippen LogP contribution >= 0.6 is 0 Å². The van der Waals surface area contributed by atoms with E-state index in [1.54, 1.807) is 0 Å². The summed E-state index contributed by atoms with van der Waals surface area (Å²) in [5, 5.41) is 12.9. The van der Waals surface area contributed by atoms with Crippen LogP contribution < -0.4 is 5.32 Å². The predicted octanol–water partition coefficient (Wildman–Crippen LogP) is 1.16. The van der Waals surface area contributed by atoms with Crippen molar-refractivity contribution in [3.63, 3.8) is 0 Å². The Balaban J connectivity index is 2.32.